The van der Waals surface area contributed by atoms with Crippen LogP contribution in [0.15, 0.2) is 71.4 Å². The number of nitrogens with zero attached hydrogens (tertiary/aromatic N) is 2. The molecule has 2 aromatic carbocycles. The number of hydrogen-bond donors (Lipinski definition) is 0. The Kier molecular flexibility index (Phi) is 5.01. The van der Waals surface area contributed by atoms with Gasteiger partial charge in [0.1, 0.15) is 0 Å². The molecule has 0 aliphatic carbocycles. The van der Waals surface area contributed by atoms with E-state index in [-0.39, 0.29) is 0 Å². The Morgan fingerprint density at radius 3 is 1.85 bits per heavy atom. The van der Waals surface area contributed by atoms with Crippen LogP contribution in [0, 0.1) is 6.92 Å². The topological polar surface area (TPSA) is 24.7 Å². The molecule has 0 radical (unpaired) electrons. The summed E-state index contributed by atoms with van der Waals surface area (Å²) in [6, 6.07) is 16.4. The molecule has 20 heavy (non-hydrogen) atoms. The van der Waals surface area contributed by atoms with Crippen molar-refractivity contribution >= 4 is 12.4 Å². The Balaban J connectivity index is 1.95. The summed E-state index contributed by atoms with van der Waals surface area (Å²) in [6.07, 6.45) is 6.29. The minimum absolute atomic E-state index is 0.892. The molecule has 0 atom stereocenters. The van der Waals surface area contributed by atoms with Crippen LogP contribution in [0.3, 0.4) is 0 Å². The average molecular weight is 262 g/mol. The van der Waals surface area contributed by atoms with Crippen molar-refractivity contribution in [3.63, 3.8) is 0 Å². The van der Waals surface area contributed by atoms with Crippen LogP contribution in [-0.4, -0.2) is 12.4 Å². The summed E-state index contributed by atoms with van der Waals surface area (Å²) < 4.78 is 0. The highest BCUT2D eigenvalue weighted by Gasteiger charge is 1.90. The second kappa shape index (κ2) is 7.19. The van der Waals surface area contributed by atoms with Gasteiger partial charge in [0.2, 0.25) is 0 Å². The van der Waals surface area contributed by atoms with E-state index in [0.717, 1.165) is 17.5 Å². The Morgan fingerprint density at radius 2 is 1.35 bits per heavy atom. The maximum absolute atomic E-state index is 4.06. The molecular weight excluding hydrogens is 244 g/mol. The van der Waals surface area contributed by atoms with Gasteiger partial charge in [-0.2, -0.15) is 10.2 Å². The summed E-state index contributed by atoms with van der Waals surface area (Å²) >= 11 is 0. The molecule has 2 nitrogen and oxygen atoms in total. The zero-order valence-corrected chi connectivity index (χ0v) is 11.7. The third kappa shape index (κ3) is 4.32. The molecule has 0 unspecified atom stereocenters. The molecule has 0 aliphatic heterocycles. The minimum Gasteiger partial charge on any atom is -0.159 e. The van der Waals surface area contributed by atoms with Crippen molar-refractivity contribution in [3.05, 3.63) is 83.4 Å². The van der Waals surface area contributed by atoms with Crippen LogP contribution in [-0.2, 0) is 6.42 Å². The molecule has 2 heteroatoms. The van der Waals surface area contributed by atoms with E-state index in [9.17, 15) is 0 Å². The molecule has 0 N–H and O–H groups in total. The normalized spacial score (nSPS) is 11.2. The van der Waals surface area contributed by atoms with Crippen molar-refractivity contribution in [1.82, 2.24) is 0 Å². The van der Waals surface area contributed by atoms with Gasteiger partial charge in [-0.15, -0.1) is 6.58 Å². The lowest BCUT2D eigenvalue weighted by molar-refractivity contribution is 1.25. The maximum Gasteiger partial charge on any atom is 0.0568 e. The molecule has 0 amide bonds. The summed E-state index contributed by atoms with van der Waals surface area (Å²) in [5.41, 5.74) is 4.58. The summed E-state index contributed by atoms with van der Waals surface area (Å²) in [7, 11) is 0. The molecule has 2 aromatic rings. The third-order valence-electron chi connectivity index (χ3n) is 2.92. The lowest BCUT2D eigenvalue weighted by atomic mass is 10.1. The molecule has 0 heterocycles. The van der Waals surface area contributed by atoms with Gasteiger partial charge >= 0.3 is 0 Å². The number of benzene rings is 2. The van der Waals surface area contributed by atoms with Crippen molar-refractivity contribution < 1.29 is 0 Å². The van der Waals surface area contributed by atoms with Crippen molar-refractivity contribution in [1.29, 1.82) is 0 Å². The van der Waals surface area contributed by atoms with E-state index >= 15 is 0 Å². The molecule has 2 rings (SSSR count). The van der Waals surface area contributed by atoms with E-state index < -0.39 is 0 Å². The zero-order valence-electron chi connectivity index (χ0n) is 11.7. The predicted molar refractivity (Wildman–Crippen MR) is 86.7 cm³/mol. The van der Waals surface area contributed by atoms with Gasteiger partial charge in [0, 0.05) is 0 Å². The fraction of sp³-hybridized carbons (Fsp3) is 0.111. The molecule has 0 aliphatic rings. The number of rotatable bonds is 5. The monoisotopic (exact) mass is 262 g/mol. The van der Waals surface area contributed by atoms with Crippen molar-refractivity contribution in [3.8, 4) is 0 Å². The fourth-order valence-corrected chi connectivity index (χ4v) is 1.76. The van der Waals surface area contributed by atoms with E-state index in [1.807, 2.05) is 30.3 Å². The van der Waals surface area contributed by atoms with Crippen molar-refractivity contribution in [2.24, 2.45) is 10.2 Å². The predicted octanol–water partition coefficient (Wildman–Crippen LogP) is 4.18. The van der Waals surface area contributed by atoms with Crippen LogP contribution in [0.2, 0.25) is 0 Å². The fourth-order valence-electron chi connectivity index (χ4n) is 1.76. The summed E-state index contributed by atoms with van der Waals surface area (Å²) in [5, 5.41) is 8.11. The van der Waals surface area contributed by atoms with E-state index in [4.69, 9.17) is 0 Å². The van der Waals surface area contributed by atoms with Gasteiger partial charge in [0.25, 0.3) is 0 Å². The molecule has 0 aromatic heterocycles. The van der Waals surface area contributed by atoms with Gasteiger partial charge in [-0.3, -0.25) is 0 Å². The van der Waals surface area contributed by atoms with Crippen LogP contribution in [0.5, 0.6) is 0 Å². The van der Waals surface area contributed by atoms with Gasteiger partial charge in [0.15, 0.2) is 0 Å². The van der Waals surface area contributed by atoms with E-state index in [0.29, 0.717) is 0 Å². The lowest BCUT2D eigenvalue weighted by Gasteiger charge is -1.96. The summed E-state index contributed by atoms with van der Waals surface area (Å²) in [4.78, 5) is 0. The highest BCUT2D eigenvalue weighted by molar-refractivity contribution is 5.82. The summed E-state index contributed by atoms with van der Waals surface area (Å²) in [5.74, 6) is 0. The first-order chi connectivity index (χ1) is 9.78. The van der Waals surface area contributed by atoms with Crippen LogP contribution >= 0.6 is 0 Å². The van der Waals surface area contributed by atoms with Crippen LogP contribution in [0.25, 0.3) is 0 Å². The van der Waals surface area contributed by atoms with Crippen molar-refractivity contribution in [2.45, 2.75) is 13.3 Å². The van der Waals surface area contributed by atoms with Gasteiger partial charge < -0.3 is 0 Å². The Morgan fingerprint density at radius 1 is 0.850 bits per heavy atom. The van der Waals surface area contributed by atoms with E-state index in [1.165, 1.54) is 11.1 Å². The van der Waals surface area contributed by atoms with Gasteiger partial charge in [-0.05, 0) is 30.0 Å². The molecule has 100 valence electrons. The average Bonchev–Trinajstić information content (AvgIpc) is 2.47. The molecule has 0 saturated heterocycles. The smallest absolute Gasteiger partial charge is 0.0568 e. The minimum atomic E-state index is 0.892. The molecule has 0 bridgehead atoms. The van der Waals surface area contributed by atoms with E-state index in [1.54, 1.807) is 12.4 Å². The number of aryl methyl sites for hydroxylation is 1. The molecular formula is C18H18N2. The van der Waals surface area contributed by atoms with Gasteiger partial charge in [-0.1, -0.05) is 60.2 Å². The summed E-state index contributed by atoms with van der Waals surface area (Å²) in [6.45, 7) is 5.79. The Hall–Kier alpha value is -2.48. The Bertz CT molecular complexity index is 605. The standard InChI is InChI=1S/C18H18N2/c1-3-4-16-9-11-18(12-10-16)14-20-19-13-17-7-5-15(2)6-8-17/h3,5-14H,1,4H2,2H3/b19-13+,20-14+. The second-order valence-corrected chi connectivity index (χ2v) is 4.63. The lowest BCUT2D eigenvalue weighted by Crippen LogP contribution is -1.84. The highest BCUT2D eigenvalue weighted by Crippen LogP contribution is 2.04. The quantitative estimate of drug-likeness (QED) is 0.439. The molecule has 0 fully saturated rings. The molecule has 0 saturated carbocycles. The Labute approximate surface area is 120 Å². The second-order valence-electron chi connectivity index (χ2n) is 4.63. The third-order valence-corrected chi connectivity index (χ3v) is 2.92. The van der Waals surface area contributed by atoms with Crippen molar-refractivity contribution in [2.75, 3.05) is 0 Å². The number of hydrogen-bond acceptors (Lipinski definition) is 2. The first-order valence-electron chi connectivity index (χ1n) is 6.61. The highest BCUT2D eigenvalue weighted by atomic mass is 15.2. The van der Waals surface area contributed by atoms with Gasteiger partial charge in [-0.25, -0.2) is 0 Å². The SMILES string of the molecule is C=CCc1ccc(/C=N/N=C/c2ccc(C)cc2)cc1. The maximum atomic E-state index is 4.06. The first kappa shape index (κ1) is 13.9. The van der Waals surface area contributed by atoms with Crippen LogP contribution in [0.1, 0.15) is 22.3 Å². The van der Waals surface area contributed by atoms with Crippen LogP contribution < -0.4 is 0 Å². The number of allylic oxidation sites excluding steroid dienone is 1. The zero-order chi connectivity index (χ0) is 14.2. The molecule has 0 spiro atoms. The largest absolute Gasteiger partial charge is 0.159 e. The van der Waals surface area contributed by atoms with E-state index in [2.05, 4.69) is 48.0 Å². The van der Waals surface area contributed by atoms with Gasteiger partial charge in [0.05, 0.1) is 12.4 Å². The first-order valence-corrected chi connectivity index (χ1v) is 6.61. The van der Waals surface area contributed by atoms with Crippen LogP contribution in [0.4, 0.5) is 0 Å².